The number of ether oxygens (including phenoxy) is 2. The average molecular weight is 284 g/mol. The first-order chi connectivity index (χ1) is 9.23. The molecule has 0 aliphatic carbocycles. The second-order valence-corrected chi connectivity index (χ2v) is 5.20. The van der Waals surface area contributed by atoms with Crippen molar-refractivity contribution in [2.45, 2.75) is 46.3 Å². The molecule has 0 saturated carbocycles. The number of hydrogen-bond donors (Lipinski definition) is 1. The van der Waals surface area contributed by atoms with Crippen LogP contribution < -0.4 is 5.32 Å². The van der Waals surface area contributed by atoms with E-state index in [1.54, 1.807) is 34.6 Å². The number of aromatic nitrogens is 1. The van der Waals surface area contributed by atoms with Crippen molar-refractivity contribution in [3.05, 3.63) is 17.5 Å². The van der Waals surface area contributed by atoms with E-state index in [0.29, 0.717) is 5.76 Å². The summed E-state index contributed by atoms with van der Waals surface area (Å²) in [5, 5.41) is 6.19. The molecule has 0 aromatic carbocycles. The molecule has 1 atom stereocenters. The second kappa shape index (κ2) is 6.40. The SMILES string of the molecule is CCOC(=O)c1cc([C@@H](C)NC(=O)OC(C)(C)C)on1. The molecule has 1 aromatic heterocycles. The highest BCUT2D eigenvalue weighted by Gasteiger charge is 2.22. The van der Waals surface area contributed by atoms with Gasteiger partial charge in [-0.2, -0.15) is 0 Å². The van der Waals surface area contributed by atoms with Gasteiger partial charge in [0, 0.05) is 6.07 Å². The molecule has 0 radical (unpaired) electrons. The maximum Gasteiger partial charge on any atom is 0.408 e. The molecule has 1 aromatic rings. The molecule has 0 spiro atoms. The van der Waals surface area contributed by atoms with E-state index >= 15 is 0 Å². The topological polar surface area (TPSA) is 90.7 Å². The summed E-state index contributed by atoms with van der Waals surface area (Å²) in [5.41, 5.74) is -0.513. The predicted octanol–water partition coefficient (Wildman–Crippen LogP) is 2.44. The first-order valence-corrected chi connectivity index (χ1v) is 6.36. The molecule has 112 valence electrons. The third kappa shape index (κ3) is 4.91. The fourth-order valence-electron chi connectivity index (χ4n) is 1.35. The lowest BCUT2D eigenvalue weighted by Gasteiger charge is -2.21. The van der Waals surface area contributed by atoms with Crippen molar-refractivity contribution in [3.8, 4) is 0 Å². The van der Waals surface area contributed by atoms with E-state index in [4.69, 9.17) is 14.0 Å². The third-order valence-electron chi connectivity index (χ3n) is 2.17. The molecule has 0 aliphatic heterocycles. The Labute approximate surface area is 117 Å². The van der Waals surface area contributed by atoms with Crippen LogP contribution in [-0.4, -0.2) is 29.4 Å². The lowest BCUT2D eigenvalue weighted by Crippen LogP contribution is -2.33. The van der Waals surface area contributed by atoms with Crippen LogP contribution in [0, 0.1) is 0 Å². The van der Waals surface area contributed by atoms with Gasteiger partial charge in [0.1, 0.15) is 5.60 Å². The molecule has 0 bridgehead atoms. The summed E-state index contributed by atoms with van der Waals surface area (Å²) < 4.78 is 14.9. The Morgan fingerprint density at radius 3 is 2.65 bits per heavy atom. The smallest absolute Gasteiger partial charge is 0.408 e. The summed E-state index contributed by atoms with van der Waals surface area (Å²) in [6.45, 7) is 8.96. The first kappa shape index (κ1) is 16.0. The lowest BCUT2D eigenvalue weighted by molar-refractivity contribution is 0.0491. The molecular formula is C13H20N2O5. The van der Waals surface area contributed by atoms with Crippen LogP contribution in [0.5, 0.6) is 0 Å². The van der Waals surface area contributed by atoms with Crippen LogP contribution in [0.1, 0.15) is 56.9 Å². The van der Waals surface area contributed by atoms with Crippen LogP contribution in [0.2, 0.25) is 0 Å². The van der Waals surface area contributed by atoms with Gasteiger partial charge in [-0.05, 0) is 34.6 Å². The van der Waals surface area contributed by atoms with E-state index in [1.165, 1.54) is 6.07 Å². The van der Waals surface area contributed by atoms with E-state index in [2.05, 4.69) is 10.5 Å². The number of esters is 1. The Hall–Kier alpha value is -2.05. The van der Waals surface area contributed by atoms with E-state index in [1.807, 2.05) is 0 Å². The van der Waals surface area contributed by atoms with Crippen molar-refractivity contribution in [1.29, 1.82) is 0 Å². The molecule has 20 heavy (non-hydrogen) atoms. The van der Waals surface area contributed by atoms with Gasteiger partial charge >= 0.3 is 12.1 Å². The lowest BCUT2D eigenvalue weighted by atomic mass is 10.2. The molecule has 7 nitrogen and oxygen atoms in total. The minimum atomic E-state index is -0.582. The number of carbonyl (C=O) groups excluding carboxylic acids is 2. The number of amides is 1. The Morgan fingerprint density at radius 1 is 1.45 bits per heavy atom. The number of alkyl carbamates (subject to hydrolysis) is 1. The largest absolute Gasteiger partial charge is 0.461 e. The fourth-order valence-corrected chi connectivity index (χ4v) is 1.35. The summed E-state index contributed by atoms with van der Waals surface area (Å²) in [6.07, 6.45) is -0.570. The predicted molar refractivity (Wildman–Crippen MR) is 70.2 cm³/mol. The summed E-state index contributed by atoms with van der Waals surface area (Å²) in [7, 11) is 0. The maximum absolute atomic E-state index is 11.6. The molecule has 1 rings (SSSR count). The number of nitrogens with zero attached hydrogens (tertiary/aromatic N) is 1. The molecular weight excluding hydrogens is 264 g/mol. The minimum absolute atomic E-state index is 0.0692. The highest BCUT2D eigenvalue weighted by Crippen LogP contribution is 2.15. The Kier molecular flexibility index (Phi) is 5.12. The molecule has 0 aliphatic rings. The van der Waals surface area contributed by atoms with Crippen LogP contribution in [0.25, 0.3) is 0 Å². The number of nitrogens with one attached hydrogen (secondary N) is 1. The van der Waals surface area contributed by atoms with Crippen LogP contribution in [0.3, 0.4) is 0 Å². The van der Waals surface area contributed by atoms with Gasteiger partial charge in [0.2, 0.25) is 0 Å². The van der Waals surface area contributed by atoms with Gasteiger partial charge in [0.15, 0.2) is 11.5 Å². The standard InChI is InChI=1S/C13H20N2O5/c1-6-18-11(16)9-7-10(20-15-9)8(2)14-12(17)19-13(3,4)5/h7-8H,6H2,1-5H3,(H,14,17)/t8-/m1/s1. The summed E-state index contributed by atoms with van der Waals surface area (Å²) in [4.78, 5) is 23.0. The van der Waals surface area contributed by atoms with Crippen molar-refractivity contribution < 1.29 is 23.6 Å². The van der Waals surface area contributed by atoms with Gasteiger partial charge in [-0.15, -0.1) is 0 Å². The normalized spacial score (nSPS) is 12.7. The van der Waals surface area contributed by atoms with Gasteiger partial charge in [-0.1, -0.05) is 5.16 Å². The van der Waals surface area contributed by atoms with Gasteiger partial charge in [-0.25, -0.2) is 9.59 Å². The van der Waals surface area contributed by atoms with E-state index in [-0.39, 0.29) is 12.3 Å². The maximum atomic E-state index is 11.6. The molecule has 1 N–H and O–H groups in total. The summed E-state index contributed by atoms with van der Waals surface area (Å²) in [5.74, 6) is -0.217. The van der Waals surface area contributed by atoms with Crippen LogP contribution in [-0.2, 0) is 9.47 Å². The molecule has 0 unspecified atom stereocenters. The Balaban J connectivity index is 2.62. The Bertz CT molecular complexity index is 475. The van der Waals surface area contributed by atoms with Crippen molar-refractivity contribution in [3.63, 3.8) is 0 Å². The van der Waals surface area contributed by atoms with E-state index in [0.717, 1.165) is 0 Å². The molecule has 1 amide bonds. The monoisotopic (exact) mass is 284 g/mol. The van der Waals surface area contributed by atoms with Gasteiger partial charge in [0.05, 0.1) is 12.6 Å². The third-order valence-corrected chi connectivity index (χ3v) is 2.17. The van der Waals surface area contributed by atoms with Crippen LogP contribution in [0.4, 0.5) is 4.79 Å². The molecule has 7 heteroatoms. The average Bonchev–Trinajstić information content (AvgIpc) is 2.75. The van der Waals surface area contributed by atoms with Gasteiger partial charge < -0.3 is 19.3 Å². The number of carbonyl (C=O) groups is 2. The molecule has 0 saturated heterocycles. The first-order valence-electron chi connectivity index (χ1n) is 6.36. The van der Waals surface area contributed by atoms with Crippen LogP contribution in [0.15, 0.2) is 10.6 Å². The summed E-state index contributed by atoms with van der Waals surface area (Å²) >= 11 is 0. The van der Waals surface area contributed by atoms with E-state index in [9.17, 15) is 9.59 Å². The Morgan fingerprint density at radius 2 is 2.10 bits per heavy atom. The fraction of sp³-hybridized carbons (Fsp3) is 0.615. The minimum Gasteiger partial charge on any atom is -0.461 e. The summed E-state index contributed by atoms with van der Waals surface area (Å²) in [6, 6.07) is 0.959. The highest BCUT2D eigenvalue weighted by molar-refractivity contribution is 5.87. The number of rotatable bonds is 4. The number of hydrogen-bond acceptors (Lipinski definition) is 6. The van der Waals surface area contributed by atoms with E-state index < -0.39 is 23.7 Å². The van der Waals surface area contributed by atoms with Crippen LogP contribution >= 0.6 is 0 Å². The zero-order chi connectivity index (χ0) is 15.3. The zero-order valence-corrected chi connectivity index (χ0v) is 12.4. The second-order valence-electron chi connectivity index (χ2n) is 5.20. The molecule has 0 fully saturated rings. The van der Waals surface area contributed by atoms with Gasteiger partial charge in [-0.3, -0.25) is 0 Å². The van der Waals surface area contributed by atoms with Crippen molar-refractivity contribution in [2.24, 2.45) is 0 Å². The van der Waals surface area contributed by atoms with Crippen molar-refractivity contribution in [2.75, 3.05) is 6.61 Å². The van der Waals surface area contributed by atoms with Crippen molar-refractivity contribution in [1.82, 2.24) is 10.5 Å². The quantitative estimate of drug-likeness (QED) is 0.854. The highest BCUT2D eigenvalue weighted by atomic mass is 16.6. The molecule has 1 heterocycles. The van der Waals surface area contributed by atoms with Crippen molar-refractivity contribution >= 4 is 12.1 Å². The van der Waals surface area contributed by atoms with Gasteiger partial charge in [0.25, 0.3) is 0 Å². The zero-order valence-electron chi connectivity index (χ0n) is 12.4.